The highest BCUT2D eigenvalue weighted by atomic mass is 16.1. The van der Waals surface area contributed by atoms with E-state index in [1.807, 2.05) is 38.4 Å². The Bertz CT molecular complexity index is 811. The first-order valence-corrected chi connectivity index (χ1v) is 11.3. The minimum absolute atomic E-state index is 0.0726. The topological polar surface area (TPSA) is 47.6 Å². The lowest BCUT2D eigenvalue weighted by Gasteiger charge is -2.19. The lowest BCUT2D eigenvalue weighted by molar-refractivity contribution is 0.103. The van der Waals surface area contributed by atoms with Gasteiger partial charge in [0.1, 0.15) is 0 Å². The van der Waals surface area contributed by atoms with Crippen LogP contribution in [0.5, 0.6) is 0 Å². The molecule has 2 aromatic carbocycles. The van der Waals surface area contributed by atoms with Crippen LogP contribution in [0.25, 0.3) is 0 Å². The minimum Gasteiger partial charge on any atom is -0.388 e. The van der Waals surface area contributed by atoms with Crippen LogP contribution in [0.15, 0.2) is 36.4 Å². The molecular formula is C25H34N4O. The molecule has 0 radical (unpaired) electrons. The van der Waals surface area contributed by atoms with Crippen molar-refractivity contribution in [2.24, 2.45) is 0 Å². The lowest BCUT2D eigenvalue weighted by atomic mass is 9.98. The molecule has 2 saturated heterocycles. The molecule has 0 spiro atoms. The van der Waals surface area contributed by atoms with Gasteiger partial charge in [0, 0.05) is 49.7 Å². The van der Waals surface area contributed by atoms with Crippen molar-refractivity contribution in [1.82, 2.24) is 9.80 Å². The van der Waals surface area contributed by atoms with E-state index in [1.54, 1.807) is 0 Å². The Kier molecular flexibility index (Phi) is 6.70. The van der Waals surface area contributed by atoms with E-state index < -0.39 is 0 Å². The van der Waals surface area contributed by atoms with Crippen molar-refractivity contribution in [3.8, 4) is 0 Å². The molecule has 2 aromatic rings. The Hall–Kier alpha value is -2.37. The summed E-state index contributed by atoms with van der Waals surface area (Å²) in [6.07, 6.45) is 5.14. The average molecular weight is 407 g/mol. The zero-order valence-electron chi connectivity index (χ0n) is 18.3. The monoisotopic (exact) mass is 406 g/mol. The Balaban J connectivity index is 1.52. The lowest BCUT2D eigenvalue weighted by Crippen LogP contribution is -2.19. The van der Waals surface area contributed by atoms with Crippen LogP contribution in [0.3, 0.4) is 0 Å². The van der Waals surface area contributed by atoms with Crippen molar-refractivity contribution < 1.29 is 4.79 Å². The molecule has 0 amide bonds. The summed E-state index contributed by atoms with van der Waals surface area (Å²) in [7, 11) is 3.87. The van der Waals surface area contributed by atoms with E-state index in [0.29, 0.717) is 0 Å². The normalized spacial score (nSPS) is 17.4. The molecule has 2 aliphatic heterocycles. The van der Waals surface area contributed by atoms with E-state index >= 15 is 0 Å². The van der Waals surface area contributed by atoms with Gasteiger partial charge in [-0.3, -0.25) is 14.6 Å². The fourth-order valence-electron chi connectivity index (χ4n) is 4.71. The Morgan fingerprint density at radius 2 is 1.13 bits per heavy atom. The second-order valence-electron chi connectivity index (χ2n) is 8.54. The summed E-state index contributed by atoms with van der Waals surface area (Å²) >= 11 is 0. The van der Waals surface area contributed by atoms with Crippen LogP contribution in [0.4, 0.5) is 11.4 Å². The molecule has 0 unspecified atom stereocenters. The van der Waals surface area contributed by atoms with Gasteiger partial charge in [0.05, 0.1) is 0 Å². The molecule has 4 rings (SSSR count). The number of carbonyl (C=O) groups is 1. The minimum atomic E-state index is 0.0726. The van der Waals surface area contributed by atoms with E-state index in [4.69, 9.17) is 0 Å². The highest BCUT2D eigenvalue weighted by Gasteiger charge is 2.18. The van der Waals surface area contributed by atoms with Gasteiger partial charge in [-0.15, -0.1) is 0 Å². The molecule has 0 saturated carbocycles. The van der Waals surface area contributed by atoms with Crippen molar-refractivity contribution >= 4 is 17.2 Å². The van der Waals surface area contributed by atoms with Crippen LogP contribution in [0.1, 0.15) is 52.7 Å². The van der Waals surface area contributed by atoms with Gasteiger partial charge < -0.3 is 10.6 Å². The molecular weight excluding hydrogens is 372 g/mol. The third-order valence-electron chi connectivity index (χ3n) is 6.47. The number of rotatable bonds is 8. The molecule has 0 bridgehead atoms. The zero-order valence-corrected chi connectivity index (χ0v) is 18.3. The summed E-state index contributed by atoms with van der Waals surface area (Å²) in [4.78, 5) is 18.2. The maximum atomic E-state index is 13.2. The van der Waals surface area contributed by atoms with Crippen molar-refractivity contribution in [2.75, 3.05) is 50.9 Å². The van der Waals surface area contributed by atoms with Crippen molar-refractivity contribution in [2.45, 2.75) is 38.8 Å². The largest absolute Gasteiger partial charge is 0.388 e. The third-order valence-corrected chi connectivity index (χ3v) is 6.47. The van der Waals surface area contributed by atoms with Gasteiger partial charge in [0.25, 0.3) is 0 Å². The van der Waals surface area contributed by atoms with Crippen LogP contribution >= 0.6 is 0 Å². The molecule has 0 aliphatic carbocycles. The molecule has 2 aliphatic rings. The number of hydrogen-bond acceptors (Lipinski definition) is 5. The molecule has 2 N–H and O–H groups in total. The van der Waals surface area contributed by atoms with Crippen molar-refractivity contribution in [3.05, 3.63) is 58.7 Å². The van der Waals surface area contributed by atoms with Crippen molar-refractivity contribution in [1.29, 1.82) is 0 Å². The maximum Gasteiger partial charge on any atom is 0.193 e. The number of likely N-dealkylation sites (tertiary alicyclic amines) is 2. The molecule has 0 atom stereocenters. The van der Waals surface area contributed by atoms with Gasteiger partial charge in [-0.25, -0.2) is 0 Å². The summed E-state index contributed by atoms with van der Waals surface area (Å²) in [5.74, 6) is 0.0726. The van der Waals surface area contributed by atoms with Crippen molar-refractivity contribution in [3.63, 3.8) is 0 Å². The number of nitrogens with zero attached hydrogens (tertiary/aromatic N) is 2. The molecule has 0 aromatic heterocycles. The Labute approximate surface area is 180 Å². The summed E-state index contributed by atoms with van der Waals surface area (Å²) in [5, 5.41) is 6.58. The Morgan fingerprint density at radius 1 is 0.733 bits per heavy atom. The predicted molar refractivity (Wildman–Crippen MR) is 124 cm³/mol. The van der Waals surface area contributed by atoms with E-state index in [1.165, 1.54) is 63.0 Å². The second-order valence-corrected chi connectivity index (χ2v) is 8.54. The SMILES string of the molecule is CNc1cc(C(=O)c2ccc(CN3CCCC3)c(NC)c2)ccc1CN1CCCC1. The van der Waals surface area contributed by atoms with Gasteiger partial charge in [-0.1, -0.05) is 24.3 Å². The molecule has 2 fully saturated rings. The molecule has 2 heterocycles. The molecule has 5 nitrogen and oxygen atoms in total. The molecule has 5 heteroatoms. The first-order valence-electron chi connectivity index (χ1n) is 11.3. The van der Waals surface area contributed by atoms with Crippen LogP contribution < -0.4 is 10.6 Å². The highest BCUT2D eigenvalue weighted by Crippen LogP contribution is 2.26. The predicted octanol–water partition coefficient (Wildman–Crippen LogP) is 4.19. The van der Waals surface area contributed by atoms with E-state index in [-0.39, 0.29) is 5.78 Å². The standard InChI is InChI=1S/C25H34N4O/c1-26-23-15-19(7-9-21(23)17-28-11-3-4-12-28)25(30)20-8-10-22(24(16-20)27-2)18-29-13-5-6-14-29/h7-10,15-16,26-27H,3-6,11-14,17-18H2,1-2H3. The number of nitrogens with one attached hydrogen (secondary N) is 2. The number of carbonyl (C=O) groups excluding carboxylic acids is 1. The van der Waals surface area contributed by atoms with Crippen LogP contribution in [0.2, 0.25) is 0 Å². The zero-order chi connectivity index (χ0) is 20.9. The van der Waals surface area contributed by atoms with Gasteiger partial charge in [0.2, 0.25) is 0 Å². The highest BCUT2D eigenvalue weighted by molar-refractivity contribution is 6.10. The van der Waals surface area contributed by atoms with E-state index in [0.717, 1.165) is 35.6 Å². The average Bonchev–Trinajstić information content (AvgIpc) is 3.48. The van der Waals surface area contributed by atoms with Gasteiger partial charge in [-0.2, -0.15) is 0 Å². The number of ketones is 1. The number of anilines is 2. The summed E-state index contributed by atoms with van der Waals surface area (Å²) in [5.41, 5.74) is 6.08. The maximum absolute atomic E-state index is 13.2. The molecule has 160 valence electrons. The summed E-state index contributed by atoms with van der Waals surface area (Å²) < 4.78 is 0. The van der Waals surface area contributed by atoms with E-state index in [2.05, 4.69) is 32.6 Å². The Morgan fingerprint density at radius 3 is 1.50 bits per heavy atom. The van der Waals surface area contributed by atoms with Gasteiger partial charge in [-0.05, 0) is 75.1 Å². The van der Waals surface area contributed by atoms with Crippen LogP contribution in [-0.4, -0.2) is 55.9 Å². The number of hydrogen-bond donors (Lipinski definition) is 2. The quantitative estimate of drug-likeness (QED) is 0.644. The second kappa shape index (κ2) is 9.63. The smallest absolute Gasteiger partial charge is 0.193 e. The van der Waals surface area contributed by atoms with Gasteiger partial charge in [0.15, 0.2) is 5.78 Å². The van der Waals surface area contributed by atoms with Crippen LogP contribution in [0, 0.1) is 0 Å². The van der Waals surface area contributed by atoms with Gasteiger partial charge >= 0.3 is 0 Å². The van der Waals surface area contributed by atoms with E-state index in [9.17, 15) is 4.79 Å². The number of benzene rings is 2. The summed E-state index contributed by atoms with van der Waals surface area (Å²) in [6, 6.07) is 12.2. The first-order chi connectivity index (χ1) is 14.7. The summed E-state index contributed by atoms with van der Waals surface area (Å²) in [6.45, 7) is 6.56. The third kappa shape index (κ3) is 4.68. The van der Waals surface area contributed by atoms with Crippen LogP contribution in [-0.2, 0) is 13.1 Å². The fraction of sp³-hybridized carbons (Fsp3) is 0.480. The first kappa shape index (κ1) is 20.9. The molecule has 30 heavy (non-hydrogen) atoms. The fourth-order valence-corrected chi connectivity index (χ4v) is 4.71.